The van der Waals surface area contributed by atoms with Gasteiger partial charge >= 0.3 is 0 Å². The van der Waals surface area contributed by atoms with E-state index in [1.54, 1.807) is 17.0 Å². The van der Waals surface area contributed by atoms with Crippen LogP contribution in [0.5, 0.6) is 5.75 Å². The Labute approximate surface area is 229 Å². The molecule has 5 nitrogen and oxygen atoms in total. The number of hydrogen-bond donors (Lipinski definition) is 1. The molecule has 0 fully saturated rings. The van der Waals surface area contributed by atoms with Gasteiger partial charge in [-0.2, -0.15) is 0 Å². The molecular weight excluding hydrogens is 507 g/mol. The van der Waals surface area contributed by atoms with Crippen molar-refractivity contribution in [3.05, 3.63) is 99.5 Å². The molecular formula is C30H34Cl2N2O3. The van der Waals surface area contributed by atoms with Gasteiger partial charge in [-0.3, -0.25) is 9.59 Å². The van der Waals surface area contributed by atoms with Gasteiger partial charge in [-0.05, 0) is 47.2 Å². The van der Waals surface area contributed by atoms with E-state index < -0.39 is 6.04 Å². The van der Waals surface area contributed by atoms with Crippen LogP contribution in [-0.4, -0.2) is 35.9 Å². The van der Waals surface area contributed by atoms with Crippen LogP contribution < -0.4 is 10.1 Å². The fourth-order valence-electron chi connectivity index (χ4n) is 4.07. The van der Waals surface area contributed by atoms with Gasteiger partial charge in [0.05, 0.1) is 10.0 Å². The predicted molar refractivity (Wildman–Crippen MR) is 150 cm³/mol. The van der Waals surface area contributed by atoms with E-state index in [9.17, 15) is 9.59 Å². The summed E-state index contributed by atoms with van der Waals surface area (Å²) in [7, 11) is 0. The molecule has 0 aliphatic rings. The smallest absolute Gasteiger partial charge is 0.261 e. The zero-order chi connectivity index (χ0) is 26.8. The summed E-state index contributed by atoms with van der Waals surface area (Å²) >= 11 is 12.4. The zero-order valence-corrected chi connectivity index (χ0v) is 23.1. The minimum absolute atomic E-state index is 0.182. The van der Waals surface area contributed by atoms with Crippen LogP contribution in [0.15, 0.2) is 72.8 Å². The van der Waals surface area contributed by atoms with E-state index >= 15 is 0 Å². The Kier molecular flexibility index (Phi) is 10.8. The first-order chi connectivity index (χ1) is 17.8. The quantitative estimate of drug-likeness (QED) is 0.279. The molecule has 0 bridgehead atoms. The van der Waals surface area contributed by atoms with E-state index in [-0.39, 0.29) is 30.9 Å². The van der Waals surface area contributed by atoms with E-state index in [2.05, 4.69) is 19.2 Å². The SMILES string of the molecule is CCCNC(=O)[C@H](Cc1ccccc1)N(Cc1ccc(Cl)c(Cl)c1)C(=O)COc1ccccc1C(C)C. The highest BCUT2D eigenvalue weighted by atomic mass is 35.5. The summed E-state index contributed by atoms with van der Waals surface area (Å²) in [6.07, 6.45) is 1.16. The van der Waals surface area contributed by atoms with E-state index in [1.807, 2.05) is 67.6 Å². The van der Waals surface area contributed by atoms with Crippen LogP contribution in [0.25, 0.3) is 0 Å². The van der Waals surface area contributed by atoms with E-state index in [4.69, 9.17) is 27.9 Å². The van der Waals surface area contributed by atoms with Crippen LogP contribution >= 0.6 is 23.2 Å². The fourth-order valence-corrected chi connectivity index (χ4v) is 4.39. The molecule has 0 saturated heterocycles. The van der Waals surface area contributed by atoms with Gasteiger partial charge < -0.3 is 15.0 Å². The maximum atomic E-state index is 13.7. The van der Waals surface area contributed by atoms with Gasteiger partial charge in [-0.15, -0.1) is 0 Å². The monoisotopic (exact) mass is 540 g/mol. The topological polar surface area (TPSA) is 58.6 Å². The molecule has 0 unspecified atom stereocenters. The molecule has 2 amide bonds. The van der Waals surface area contributed by atoms with Crippen molar-refractivity contribution in [3.8, 4) is 5.75 Å². The minimum Gasteiger partial charge on any atom is -0.483 e. The molecule has 196 valence electrons. The van der Waals surface area contributed by atoms with E-state index in [0.717, 1.165) is 23.1 Å². The minimum atomic E-state index is -0.736. The number of nitrogens with one attached hydrogen (secondary N) is 1. The Bertz CT molecular complexity index is 1180. The molecule has 0 radical (unpaired) electrons. The number of nitrogens with zero attached hydrogens (tertiary/aromatic N) is 1. The van der Waals surface area contributed by atoms with Crippen molar-refractivity contribution in [3.63, 3.8) is 0 Å². The number of rotatable bonds is 12. The van der Waals surface area contributed by atoms with Crippen molar-refractivity contribution in [2.45, 2.75) is 52.1 Å². The van der Waals surface area contributed by atoms with Crippen molar-refractivity contribution >= 4 is 35.0 Å². The Morgan fingerprint density at radius 2 is 1.62 bits per heavy atom. The fraction of sp³-hybridized carbons (Fsp3) is 0.333. The molecule has 0 saturated carbocycles. The average molecular weight is 542 g/mol. The molecule has 37 heavy (non-hydrogen) atoms. The predicted octanol–water partition coefficient (Wildman–Crippen LogP) is 6.66. The molecule has 0 aliphatic carbocycles. The molecule has 3 rings (SSSR count). The average Bonchev–Trinajstić information content (AvgIpc) is 2.90. The lowest BCUT2D eigenvalue weighted by molar-refractivity contribution is -0.142. The maximum absolute atomic E-state index is 13.7. The van der Waals surface area contributed by atoms with Crippen molar-refractivity contribution < 1.29 is 14.3 Å². The van der Waals surface area contributed by atoms with Crippen LogP contribution in [-0.2, 0) is 22.6 Å². The lowest BCUT2D eigenvalue weighted by atomic mass is 10.0. The number of benzene rings is 3. The van der Waals surface area contributed by atoms with Gasteiger partial charge in [0.15, 0.2) is 6.61 Å². The Hall–Kier alpha value is -3.02. The number of para-hydroxylation sites is 1. The maximum Gasteiger partial charge on any atom is 0.261 e. The van der Waals surface area contributed by atoms with Gasteiger partial charge in [-0.25, -0.2) is 0 Å². The molecule has 0 heterocycles. The Balaban J connectivity index is 1.93. The van der Waals surface area contributed by atoms with Gasteiger partial charge in [0.25, 0.3) is 5.91 Å². The highest BCUT2D eigenvalue weighted by Crippen LogP contribution is 2.27. The van der Waals surface area contributed by atoms with Crippen molar-refractivity contribution in [1.29, 1.82) is 0 Å². The van der Waals surface area contributed by atoms with Crippen molar-refractivity contribution in [1.82, 2.24) is 10.2 Å². The largest absolute Gasteiger partial charge is 0.483 e. The summed E-state index contributed by atoms with van der Waals surface area (Å²) in [5.41, 5.74) is 2.75. The van der Waals surface area contributed by atoms with Crippen LogP contribution in [0.4, 0.5) is 0 Å². The number of amides is 2. The molecule has 1 atom stereocenters. The first kappa shape index (κ1) is 28.5. The highest BCUT2D eigenvalue weighted by molar-refractivity contribution is 6.42. The standard InChI is InChI=1S/C30H34Cl2N2O3/c1-4-16-33-30(36)27(18-22-10-6-5-7-11-22)34(19-23-14-15-25(31)26(32)17-23)29(35)20-37-28-13-9-8-12-24(28)21(2)3/h5-15,17,21,27H,4,16,18-20H2,1-3H3,(H,33,36)/t27-/m0/s1. The first-order valence-electron chi connectivity index (χ1n) is 12.6. The van der Waals surface area contributed by atoms with Crippen LogP contribution in [0.3, 0.4) is 0 Å². The summed E-state index contributed by atoms with van der Waals surface area (Å²) in [5, 5.41) is 3.79. The Morgan fingerprint density at radius 1 is 0.919 bits per heavy atom. The lowest BCUT2D eigenvalue weighted by Crippen LogP contribution is -2.51. The summed E-state index contributed by atoms with van der Waals surface area (Å²) in [5.74, 6) is 0.401. The first-order valence-corrected chi connectivity index (χ1v) is 13.3. The molecule has 0 aliphatic heterocycles. The third-order valence-corrected chi connectivity index (χ3v) is 6.79. The van der Waals surface area contributed by atoms with Crippen LogP contribution in [0.1, 0.15) is 49.8 Å². The van der Waals surface area contributed by atoms with Gasteiger partial charge in [0.2, 0.25) is 5.91 Å². The third kappa shape index (κ3) is 8.24. The molecule has 0 aromatic heterocycles. The van der Waals surface area contributed by atoms with E-state index in [1.165, 1.54) is 0 Å². The third-order valence-electron chi connectivity index (χ3n) is 6.05. The number of carbonyl (C=O) groups excluding carboxylic acids is 2. The normalized spacial score (nSPS) is 11.7. The molecule has 3 aromatic rings. The van der Waals surface area contributed by atoms with Crippen LogP contribution in [0.2, 0.25) is 10.0 Å². The number of halogens is 2. The van der Waals surface area contributed by atoms with Crippen LogP contribution in [0, 0.1) is 0 Å². The second-order valence-electron chi connectivity index (χ2n) is 9.25. The number of carbonyl (C=O) groups is 2. The van der Waals surface area contributed by atoms with Gasteiger partial charge in [0, 0.05) is 19.5 Å². The molecule has 3 aromatic carbocycles. The zero-order valence-electron chi connectivity index (χ0n) is 21.5. The van der Waals surface area contributed by atoms with Crippen molar-refractivity contribution in [2.75, 3.05) is 13.2 Å². The van der Waals surface area contributed by atoms with E-state index in [0.29, 0.717) is 28.8 Å². The lowest BCUT2D eigenvalue weighted by Gasteiger charge is -2.31. The summed E-state index contributed by atoms with van der Waals surface area (Å²) < 4.78 is 6.01. The summed E-state index contributed by atoms with van der Waals surface area (Å²) in [6.45, 7) is 6.66. The second kappa shape index (κ2) is 14.1. The van der Waals surface area contributed by atoms with Crippen molar-refractivity contribution in [2.24, 2.45) is 0 Å². The molecule has 0 spiro atoms. The highest BCUT2D eigenvalue weighted by Gasteiger charge is 2.30. The number of ether oxygens (including phenoxy) is 1. The molecule has 1 N–H and O–H groups in total. The Morgan fingerprint density at radius 3 is 2.30 bits per heavy atom. The molecule has 7 heteroatoms. The summed E-state index contributed by atoms with van der Waals surface area (Å²) in [4.78, 5) is 28.7. The summed E-state index contributed by atoms with van der Waals surface area (Å²) in [6, 6.07) is 21.9. The van der Waals surface area contributed by atoms with Gasteiger partial charge in [0.1, 0.15) is 11.8 Å². The number of hydrogen-bond acceptors (Lipinski definition) is 3. The van der Waals surface area contributed by atoms with Gasteiger partial charge in [-0.1, -0.05) is 98.6 Å². The second-order valence-corrected chi connectivity index (χ2v) is 10.1.